The van der Waals surface area contributed by atoms with Crippen LogP contribution in [-0.4, -0.2) is 5.78 Å². The first-order valence-corrected chi connectivity index (χ1v) is 6.30. The Morgan fingerprint density at radius 3 is 2.30 bits per heavy atom. The molecule has 0 aromatic heterocycles. The summed E-state index contributed by atoms with van der Waals surface area (Å²) in [6.07, 6.45) is -3.75. The highest BCUT2D eigenvalue weighted by Crippen LogP contribution is 2.36. The summed E-state index contributed by atoms with van der Waals surface area (Å²) >= 11 is 0. The summed E-state index contributed by atoms with van der Waals surface area (Å²) in [5, 5.41) is 0. The molecule has 1 aliphatic rings. The van der Waals surface area contributed by atoms with Crippen molar-refractivity contribution in [1.82, 2.24) is 0 Å². The Labute approximate surface area is 114 Å². The highest BCUT2D eigenvalue weighted by atomic mass is 19.4. The lowest BCUT2D eigenvalue weighted by molar-refractivity contribution is -0.138. The molecule has 0 fully saturated rings. The van der Waals surface area contributed by atoms with Crippen LogP contribution in [0.1, 0.15) is 32.6 Å². The van der Waals surface area contributed by atoms with Crippen molar-refractivity contribution in [1.29, 1.82) is 0 Å². The predicted octanol–water partition coefficient (Wildman–Crippen LogP) is 4.04. The summed E-state index contributed by atoms with van der Waals surface area (Å²) in [6.45, 7) is 0. The number of benzene rings is 2. The molecule has 20 heavy (non-hydrogen) atoms. The van der Waals surface area contributed by atoms with Gasteiger partial charge in [0.15, 0.2) is 5.78 Å². The van der Waals surface area contributed by atoms with Crippen molar-refractivity contribution in [2.24, 2.45) is 0 Å². The molecule has 2 aromatic carbocycles. The van der Waals surface area contributed by atoms with Gasteiger partial charge < -0.3 is 0 Å². The Morgan fingerprint density at radius 2 is 1.55 bits per heavy atom. The van der Waals surface area contributed by atoms with Gasteiger partial charge in [-0.05, 0) is 30.0 Å². The zero-order valence-corrected chi connectivity index (χ0v) is 10.5. The van der Waals surface area contributed by atoms with E-state index in [9.17, 15) is 18.0 Å². The van der Waals surface area contributed by atoms with E-state index in [0.29, 0.717) is 12.0 Å². The summed E-state index contributed by atoms with van der Waals surface area (Å²) in [6, 6.07) is 10.8. The first-order valence-electron chi connectivity index (χ1n) is 6.30. The van der Waals surface area contributed by atoms with Gasteiger partial charge in [-0.15, -0.1) is 0 Å². The zero-order valence-electron chi connectivity index (χ0n) is 10.5. The molecule has 0 aliphatic heterocycles. The second-order valence-corrected chi connectivity index (χ2v) is 4.82. The normalized spacial score (nSPS) is 14.4. The van der Waals surface area contributed by atoms with Gasteiger partial charge in [0.1, 0.15) is 0 Å². The average Bonchev–Trinajstić information content (AvgIpc) is 2.56. The Morgan fingerprint density at radius 1 is 0.850 bits per heavy atom. The van der Waals surface area contributed by atoms with E-state index in [4.69, 9.17) is 0 Å². The molecule has 2 aromatic rings. The highest BCUT2D eigenvalue weighted by molar-refractivity contribution is 6.11. The van der Waals surface area contributed by atoms with Gasteiger partial charge in [0, 0.05) is 11.1 Å². The second kappa shape index (κ2) is 4.47. The van der Waals surface area contributed by atoms with Crippen LogP contribution in [0.4, 0.5) is 13.2 Å². The van der Waals surface area contributed by atoms with Crippen LogP contribution in [-0.2, 0) is 19.0 Å². The molecule has 4 heteroatoms. The van der Waals surface area contributed by atoms with Crippen LogP contribution in [0.2, 0.25) is 0 Å². The van der Waals surface area contributed by atoms with E-state index in [-0.39, 0.29) is 23.3 Å². The molecule has 3 rings (SSSR count). The first kappa shape index (κ1) is 12.9. The van der Waals surface area contributed by atoms with Crippen molar-refractivity contribution >= 4 is 5.78 Å². The van der Waals surface area contributed by atoms with Crippen LogP contribution in [0, 0.1) is 0 Å². The first-order chi connectivity index (χ1) is 9.48. The van der Waals surface area contributed by atoms with Crippen LogP contribution >= 0.6 is 0 Å². The van der Waals surface area contributed by atoms with Crippen molar-refractivity contribution in [3.8, 4) is 0 Å². The predicted molar refractivity (Wildman–Crippen MR) is 68.7 cm³/mol. The van der Waals surface area contributed by atoms with Gasteiger partial charge in [-0.3, -0.25) is 4.79 Å². The molecule has 0 N–H and O–H groups in total. The summed E-state index contributed by atoms with van der Waals surface area (Å²) < 4.78 is 39.2. The molecule has 1 nitrogen and oxygen atoms in total. The van der Waals surface area contributed by atoms with Gasteiger partial charge in [-0.1, -0.05) is 36.4 Å². The number of hydrogen-bond acceptors (Lipinski definition) is 1. The van der Waals surface area contributed by atoms with Crippen LogP contribution in [0.3, 0.4) is 0 Å². The van der Waals surface area contributed by atoms with Crippen LogP contribution < -0.4 is 0 Å². The fourth-order valence-corrected chi connectivity index (χ4v) is 2.70. The van der Waals surface area contributed by atoms with E-state index in [0.717, 1.165) is 11.6 Å². The Hall–Kier alpha value is -2.10. The fraction of sp³-hybridized carbons (Fsp3) is 0.188. The number of carbonyl (C=O) groups is 1. The topological polar surface area (TPSA) is 17.1 Å². The van der Waals surface area contributed by atoms with Crippen LogP contribution in [0.15, 0.2) is 42.5 Å². The van der Waals surface area contributed by atoms with Crippen LogP contribution in [0.5, 0.6) is 0 Å². The lowest BCUT2D eigenvalue weighted by atomic mass is 9.95. The summed E-state index contributed by atoms with van der Waals surface area (Å²) in [5.41, 5.74) is 0.898. The number of alkyl halides is 3. The quantitative estimate of drug-likeness (QED) is 0.710. The summed E-state index contributed by atoms with van der Waals surface area (Å²) in [7, 11) is 0. The molecule has 0 spiro atoms. The Kier molecular flexibility index (Phi) is 2.89. The molecular formula is C16H11F3O. The molecule has 0 radical (unpaired) electrons. The van der Waals surface area contributed by atoms with E-state index in [1.165, 1.54) is 12.1 Å². The average molecular weight is 276 g/mol. The molecule has 0 unspecified atom stereocenters. The number of carbonyl (C=O) groups excluding carboxylic acids is 1. The Balaban J connectivity index is 2.22. The van der Waals surface area contributed by atoms with Crippen molar-refractivity contribution in [3.05, 3.63) is 70.3 Å². The van der Waals surface area contributed by atoms with E-state index >= 15 is 0 Å². The minimum Gasteiger partial charge on any atom is -0.289 e. The summed E-state index contributed by atoms with van der Waals surface area (Å²) in [5.74, 6) is -0.320. The largest absolute Gasteiger partial charge is 0.416 e. The van der Waals surface area contributed by atoms with Gasteiger partial charge in [-0.2, -0.15) is 13.2 Å². The maximum Gasteiger partial charge on any atom is 0.416 e. The van der Waals surface area contributed by atoms with E-state index < -0.39 is 11.7 Å². The Bertz CT molecular complexity index is 686. The minimum absolute atomic E-state index is 0.112. The molecule has 0 bridgehead atoms. The maximum absolute atomic E-state index is 13.1. The van der Waals surface area contributed by atoms with Gasteiger partial charge in [-0.25, -0.2) is 0 Å². The molecule has 0 heterocycles. The number of aryl methyl sites for hydroxylation is 1. The van der Waals surface area contributed by atoms with Gasteiger partial charge in [0.25, 0.3) is 0 Å². The third kappa shape index (κ3) is 2.01. The fourth-order valence-electron chi connectivity index (χ4n) is 2.70. The number of hydrogen-bond donors (Lipinski definition) is 0. The molecule has 0 amide bonds. The van der Waals surface area contributed by atoms with Crippen LogP contribution in [0.25, 0.3) is 0 Å². The molecule has 0 saturated heterocycles. The molecule has 0 saturated carbocycles. The number of ketones is 1. The number of fused-ring (bicyclic) bond motifs is 2. The van der Waals surface area contributed by atoms with Gasteiger partial charge >= 0.3 is 6.18 Å². The molecule has 1 aliphatic carbocycles. The second-order valence-electron chi connectivity index (χ2n) is 4.82. The van der Waals surface area contributed by atoms with Gasteiger partial charge in [0.05, 0.1) is 5.56 Å². The molecule has 0 atom stereocenters. The highest BCUT2D eigenvalue weighted by Gasteiger charge is 2.35. The summed E-state index contributed by atoms with van der Waals surface area (Å²) in [4.78, 5) is 12.4. The maximum atomic E-state index is 13.1. The third-order valence-corrected chi connectivity index (χ3v) is 3.63. The van der Waals surface area contributed by atoms with Crippen molar-refractivity contribution in [3.63, 3.8) is 0 Å². The standard InChI is InChI=1S/C16H11F3O/c17-16(18,19)14-7-3-6-13-12(14)9-8-10-4-1-2-5-11(10)15(13)20/h1-7H,8-9H2. The molecule has 102 valence electrons. The number of halogens is 3. The smallest absolute Gasteiger partial charge is 0.289 e. The lowest BCUT2D eigenvalue weighted by Crippen LogP contribution is -2.13. The van der Waals surface area contributed by atoms with Crippen molar-refractivity contribution in [2.75, 3.05) is 0 Å². The molecular weight excluding hydrogens is 265 g/mol. The van der Waals surface area contributed by atoms with E-state index in [1.54, 1.807) is 24.3 Å². The lowest BCUT2D eigenvalue weighted by Gasteiger charge is -2.14. The number of rotatable bonds is 0. The third-order valence-electron chi connectivity index (χ3n) is 3.63. The SMILES string of the molecule is O=C1c2ccccc2CCc2c1cccc2C(F)(F)F. The zero-order chi connectivity index (χ0) is 14.3. The van der Waals surface area contributed by atoms with Crippen molar-refractivity contribution in [2.45, 2.75) is 19.0 Å². The van der Waals surface area contributed by atoms with Gasteiger partial charge in [0.2, 0.25) is 0 Å². The van der Waals surface area contributed by atoms with E-state index in [2.05, 4.69) is 0 Å². The van der Waals surface area contributed by atoms with E-state index in [1.807, 2.05) is 0 Å². The minimum atomic E-state index is -4.43. The van der Waals surface area contributed by atoms with Crippen molar-refractivity contribution < 1.29 is 18.0 Å². The monoisotopic (exact) mass is 276 g/mol.